The van der Waals surface area contributed by atoms with Gasteiger partial charge in [-0.05, 0) is 18.9 Å². The zero-order valence-electron chi connectivity index (χ0n) is 11.4. The van der Waals surface area contributed by atoms with Crippen molar-refractivity contribution in [3.63, 3.8) is 0 Å². The number of carbonyl (C=O) groups excluding carboxylic acids is 2. The third kappa shape index (κ3) is 4.27. The second-order valence-corrected chi connectivity index (χ2v) is 4.73. The van der Waals surface area contributed by atoms with Gasteiger partial charge in [0.1, 0.15) is 0 Å². The monoisotopic (exact) mass is 257 g/mol. The Morgan fingerprint density at radius 1 is 1.50 bits per heavy atom. The number of methoxy groups -OCH3 is 1. The summed E-state index contributed by atoms with van der Waals surface area (Å²) >= 11 is 0. The molecule has 6 nitrogen and oxygen atoms in total. The summed E-state index contributed by atoms with van der Waals surface area (Å²) in [5, 5.41) is 5.86. The van der Waals surface area contributed by atoms with E-state index in [2.05, 4.69) is 17.6 Å². The predicted molar refractivity (Wildman–Crippen MR) is 68.1 cm³/mol. The lowest BCUT2D eigenvalue weighted by Gasteiger charge is -2.23. The van der Waals surface area contributed by atoms with Gasteiger partial charge in [-0.25, -0.2) is 0 Å². The van der Waals surface area contributed by atoms with E-state index in [4.69, 9.17) is 4.74 Å². The van der Waals surface area contributed by atoms with E-state index in [1.54, 1.807) is 14.2 Å². The van der Waals surface area contributed by atoms with Crippen molar-refractivity contribution in [2.45, 2.75) is 19.4 Å². The van der Waals surface area contributed by atoms with Gasteiger partial charge in [0.15, 0.2) is 0 Å². The van der Waals surface area contributed by atoms with Crippen molar-refractivity contribution >= 4 is 11.8 Å². The Hall–Kier alpha value is -1.14. The lowest BCUT2D eigenvalue weighted by molar-refractivity contribution is -0.136. The average molecular weight is 257 g/mol. The fourth-order valence-corrected chi connectivity index (χ4v) is 2.04. The molecule has 6 heteroatoms. The Bertz CT molecular complexity index is 296. The summed E-state index contributed by atoms with van der Waals surface area (Å²) < 4.78 is 4.83. The highest BCUT2D eigenvalue weighted by atomic mass is 16.5. The maximum absolute atomic E-state index is 12.1. The fourth-order valence-electron chi connectivity index (χ4n) is 2.04. The standard InChI is InChI=1S/C12H23N3O3/c1-9-4-5-14-11(9)12(17)15(2)8-10(16)13-6-7-18-3/h9,11,14H,4-8H2,1-3H3,(H,13,16). The minimum Gasteiger partial charge on any atom is -0.383 e. The lowest BCUT2D eigenvalue weighted by Crippen LogP contribution is -2.47. The molecule has 1 saturated heterocycles. The van der Waals surface area contributed by atoms with Crippen molar-refractivity contribution in [2.75, 3.05) is 40.4 Å². The molecule has 2 unspecified atom stereocenters. The van der Waals surface area contributed by atoms with E-state index in [0.717, 1.165) is 13.0 Å². The van der Waals surface area contributed by atoms with Crippen LogP contribution in [0.15, 0.2) is 0 Å². The molecule has 2 amide bonds. The first kappa shape index (κ1) is 14.9. The zero-order valence-corrected chi connectivity index (χ0v) is 11.4. The van der Waals surface area contributed by atoms with Crippen molar-refractivity contribution in [3.05, 3.63) is 0 Å². The predicted octanol–water partition coefficient (Wildman–Crippen LogP) is -0.795. The van der Waals surface area contributed by atoms with Crippen LogP contribution in [0.1, 0.15) is 13.3 Å². The van der Waals surface area contributed by atoms with E-state index in [-0.39, 0.29) is 24.4 Å². The second kappa shape index (κ2) is 7.33. The van der Waals surface area contributed by atoms with Crippen LogP contribution in [-0.4, -0.2) is 63.2 Å². The van der Waals surface area contributed by atoms with Gasteiger partial charge in [0, 0.05) is 20.7 Å². The first-order chi connectivity index (χ1) is 8.56. The largest absolute Gasteiger partial charge is 0.383 e. The average Bonchev–Trinajstić information content (AvgIpc) is 2.74. The van der Waals surface area contributed by atoms with E-state index in [9.17, 15) is 9.59 Å². The Labute approximate surface area is 108 Å². The molecule has 0 aromatic heterocycles. The van der Waals surface area contributed by atoms with Crippen LogP contribution in [-0.2, 0) is 14.3 Å². The molecule has 1 rings (SSSR count). The molecule has 2 atom stereocenters. The number of amides is 2. The minimum absolute atomic E-state index is 0.0121. The number of hydrogen-bond acceptors (Lipinski definition) is 4. The number of carbonyl (C=O) groups is 2. The maximum atomic E-state index is 12.1. The van der Waals surface area contributed by atoms with Gasteiger partial charge in [-0.1, -0.05) is 6.92 Å². The minimum atomic E-state index is -0.159. The first-order valence-electron chi connectivity index (χ1n) is 6.30. The highest BCUT2D eigenvalue weighted by Crippen LogP contribution is 2.15. The van der Waals surface area contributed by atoms with Crippen LogP contribution in [0.25, 0.3) is 0 Å². The smallest absolute Gasteiger partial charge is 0.240 e. The molecule has 104 valence electrons. The summed E-state index contributed by atoms with van der Waals surface area (Å²) in [4.78, 5) is 25.1. The molecule has 2 N–H and O–H groups in total. The van der Waals surface area contributed by atoms with E-state index in [0.29, 0.717) is 19.1 Å². The summed E-state index contributed by atoms with van der Waals surface area (Å²) in [7, 11) is 3.24. The van der Waals surface area contributed by atoms with Gasteiger partial charge in [-0.2, -0.15) is 0 Å². The van der Waals surface area contributed by atoms with Crippen LogP contribution < -0.4 is 10.6 Å². The van der Waals surface area contributed by atoms with E-state index < -0.39 is 0 Å². The Kier molecular flexibility index (Phi) is 6.07. The van der Waals surface area contributed by atoms with Gasteiger partial charge >= 0.3 is 0 Å². The van der Waals surface area contributed by atoms with Crippen molar-refractivity contribution in [1.29, 1.82) is 0 Å². The van der Waals surface area contributed by atoms with Crippen LogP contribution >= 0.6 is 0 Å². The fraction of sp³-hybridized carbons (Fsp3) is 0.833. The second-order valence-electron chi connectivity index (χ2n) is 4.73. The first-order valence-corrected chi connectivity index (χ1v) is 6.30. The normalized spacial score (nSPS) is 22.8. The molecule has 0 aromatic carbocycles. The third-order valence-electron chi connectivity index (χ3n) is 3.18. The van der Waals surface area contributed by atoms with E-state index >= 15 is 0 Å². The number of nitrogens with one attached hydrogen (secondary N) is 2. The van der Waals surface area contributed by atoms with Gasteiger partial charge < -0.3 is 20.3 Å². The quantitative estimate of drug-likeness (QED) is 0.612. The highest BCUT2D eigenvalue weighted by molar-refractivity contribution is 5.87. The summed E-state index contributed by atoms with van der Waals surface area (Å²) in [5.41, 5.74) is 0. The van der Waals surface area contributed by atoms with Crippen LogP contribution in [0.5, 0.6) is 0 Å². The zero-order chi connectivity index (χ0) is 13.5. The van der Waals surface area contributed by atoms with Crippen LogP contribution in [0, 0.1) is 5.92 Å². The number of nitrogens with zero attached hydrogens (tertiary/aromatic N) is 1. The molecule has 0 aromatic rings. The lowest BCUT2D eigenvalue weighted by atomic mass is 10.0. The van der Waals surface area contributed by atoms with Crippen molar-refractivity contribution in [1.82, 2.24) is 15.5 Å². The molecule has 18 heavy (non-hydrogen) atoms. The van der Waals surface area contributed by atoms with Gasteiger partial charge in [0.05, 0.1) is 19.2 Å². The molecular weight excluding hydrogens is 234 g/mol. The molecule has 0 saturated carbocycles. The molecule has 1 aliphatic rings. The Balaban J connectivity index is 2.32. The molecule has 1 heterocycles. The topological polar surface area (TPSA) is 70.7 Å². The molecule has 0 spiro atoms. The maximum Gasteiger partial charge on any atom is 0.240 e. The Morgan fingerprint density at radius 2 is 2.22 bits per heavy atom. The summed E-state index contributed by atoms with van der Waals surface area (Å²) in [6, 6.07) is -0.151. The van der Waals surface area contributed by atoms with Gasteiger partial charge in [-0.15, -0.1) is 0 Å². The van der Waals surface area contributed by atoms with Crippen LogP contribution in [0.4, 0.5) is 0 Å². The molecule has 0 radical (unpaired) electrons. The summed E-state index contributed by atoms with van der Waals surface area (Å²) in [6.07, 6.45) is 1.00. The third-order valence-corrected chi connectivity index (χ3v) is 3.18. The number of rotatable bonds is 6. The van der Waals surface area contributed by atoms with E-state index in [1.165, 1.54) is 4.90 Å². The molecule has 1 aliphatic heterocycles. The number of likely N-dealkylation sites (N-methyl/N-ethyl adjacent to an activating group) is 1. The van der Waals surface area contributed by atoms with Crippen LogP contribution in [0.3, 0.4) is 0 Å². The van der Waals surface area contributed by atoms with Gasteiger partial charge in [0.25, 0.3) is 0 Å². The molecule has 0 bridgehead atoms. The number of hydrogen-bond donors (Lipinski definition) is 2. The van der Waals surface area contributed by atoms with Gasteiger partial charge in [0.2, 0.25) is 11.8 Å². The molecule has 1 fully saturated rings. The number of ether oxygens (including phenoxy) is 1. The molecule has 0 aliphatic carbocycles. The summed E-state index contributed by atoms with van der Waals surface area (Å²) in [5.74, 6) is 0.159. The Morgan fingerprint density at radius 3 is 2.78 bits per heavy atom. The van der Waals surface area contributed by atoms with Crippen molar-refractivity contribution in [3.8, 4) is 0 Å². The van der Waals surface area contributed by atoms with Crippen molar-refractivity contribution in [2.24, 2.45) is 5.92 Å². The SMILES string of the molecule is COCCNC(=O)CN(C)C(=O)C1NCCC1C. The molecular formula is C12H23N3O3. The van der Waals surface area contributed by atoms with E-state index in [1.807, 2.05) is 0 Å². The highest BCUT2D eigenvalue weighted by Gasteiger charge is 2.31. The van der Waals surface area contributed by atoms with Crippen molar-refractivity contribution < 1.29 is 14.3 Å². The van der Waals surface area contributed by atoms with Gasteiger partial charge in [-0.3, -0.25) is 9.59 Å². The summed E-state index contributed by atoms with van der Waals surface area (Å²) in [6.45, 7) is 3.95. The van der Waals surface area contributed by atoms with Crippen LogP contribution in [0.2, 0.25) is 0 Å².